The van der Waals surface area contributed by atoms with Gasteiger partial charge in [0.25, 0.3) is 5.91 Å². The van der Waals surface area contributed by atoms with Gasteiger partial charge in [-0.15, -0.1) is 0 Å². The summed E-state index contributed by atoms with van der Waals surface area (Å²) >= 11 is 12.1. The zero-order valence-electron chi connectivity index (χ0n) is 16.8. The predicted octanol–water partition coefficient (Wildman–Crippen LogP) is 4.87. The van der Waals surface area contributed by atoms with Gasteiger partial charge in [-0.25, -0.2) is 0 Å². The summed E-state index contributed by atoms with van der Waals surface area (Å²) in [5.74, 6) is 1.08. The van der Waals surface area contributed by atoms with Crippen LogP contribution in [0, 0.1) is 6.92 Å². The standard InChI is InChI=1S/C22H22Cl2N4O2/c1-14-3-5-16(6-4-14)20-25-21(30-26-20)15(2)27-9-11-28(12-10-27)22(29)18-8-7-17(23)13-19(18)24/h3-8,13,15H,9-12H2,1-2H3. The van der Waals surface area contributed by atoms with Crippen LogP contribution in [0.25, 0.3) is 11.4 Å². The normalized spacial score (nSPS) is 15.9. The lowest BCUT2D eigenvalue weighted by molar-refractivity contribution is 0.0552. The molecule has 1 amide bonds. The van der Waals surface area contributed by atoms with Crippen LogP contribution in [-0.2, 0) is 0 Å². The van der Waals surface area contributed by atoms with E-state index in [1.165, 1.54) is 5.56 Å². The molecule has 2 heterocycles. The summed E-state index contributed by atoms with van der Waals surface area (Å²) in [4.78, 5) is 21.4. The third-order valence-corrected chi connectivity index (χ3v) is 5.97. The quantitative estimate of drug-likeness (QED) is 0.574. The molecule has 8 heteroatoms. The van der Waals surface area contributed by atoms with Gasteiger partial charge in [0.05, 0.1) is 16.6 Å². The van der Waals surface area contributed by atoms with E-state index in [1.807, 2.05) is 43.0 Å². The summed E-state index contributed by atoms with van der Waals surface area (Å²) in [6, 6.07) is 12.9. The second-order valence-electron chi connectivity index (χ2n) is 7.45. The number of amides is 1. The molecule has 30 heavy (non-hydrogen) atoms. The molecular formula is C22H22Cl2N4O2. The fourth-order valence-electron chi connectivity index (χ4n) is 3.53. The third kappa shape index (κ3) is 4.36. The molecule has 1 atom stereocenters. The van der Waals surface area contributed by atoms with Crippen molar-refractivity contribution in [2.45, 2.75) is 19.9 Å². The highest BCUT2D eigenvalue weighted by molar-refractivity contribution is 6.36. The van der Waals surface area contributed by atoms with Gasteiger partial charge in [-0.3, -0.25) is 9.69 Å². The fourth-order valence-corrected chi connectivity index (χ4v) is 4.02. The highest BCUT2D eigenvalue weighted by Gasteiger charge is 2.28. The Morgan fingerprint density at radius 3 is 2.43 bits per heavy atom. The molecule has 0 N–H and O–H groups in total. The van der Waals surface area contributed by atoms with Gasteiger partial charge in [0.2, 0.25) is 11.7 Å². The largest absolute Gasteiger partial charge is 0.337 e. The van der Waals surface area contributed by atoms with Gasteiger partial charge in [-0.2, -0.15) is 4.98 Å². The second-order valence-corrected chi connectivity index (χ2v) is 8.29. The van der Waals surface area contributed by atoms with E-state index in [0.29, 0.717) is 53.5 Å². The Morgan fingerprint density at radius 1 is 1.07 bits per heavy atom. The molecule has 1 aliphatic rings. The topological polar surface area (TPSA) is 62.5 Å². The summed E-state index contributed by atoms with van der Waals surface area (Å²) in [7, 11) is 0. The number of hydrogen-bond acceptors (Lipinski definition) is 5. The summed E-state index contributed by atoms with van der Waals surface area (Å²) < 4.78 is 5.52. The zero-order valence-corrected chi connectivity index (χ0v) is 18.3. The lowest BCUT2D eigenvalue weighted by Crippen LogP contribution is -2.49. The average Bonchev–Trinajstić information content (AvgIpc) is 3.24. The van der Waals surface area contributed by atoms with Crippen molar-refractivity contribution in [2.75, 3.05) is 26.2 Å². The second kappa shape index (κ2) is 8.76. The van der Waals surface area contributed by atoms with Crippen molar-refractivity contribution in [3.05, 3.63) is 69.5 Å². The monoisotopic (exact) mass is 444 g/mol. The average molecular weight is 445 g/mol. The molecule has 2 aromatic carbocycles. The molecule has 0 spiro atoms. The van der Waals surface area contributed by atoms with Crippen LogP contribution in [0.15, 0.2) is 47.0 Å². The summed E-state index contributed by atoms with van der Waals surface area (Å²) in [5, 5.41) is 5.02. The maximum atomic E-state index is 12.8. The first kappa shape index (κ1) is 20.8. The van der Waals surface area contributed by atoms with Crippen LogP contribution in [0.4, 0.5) is 0 Å². The minimum Gasteiger partial charge on any atom is -0.337 e. The molecule has 6 nitrogen and oxygen atoms in total. The SMILES string of the molecule is Cc1ccc(-c2noc(C(C)N3CCN(C(=O)c4ccc(Cl)cc4Cl)CC3)n2)cc1. The lowest BCUT2D eigenvalue weighted by Gasteiger charge is -2.36. The van der Waals surface area contributed by atoms with Crippen molar-refractivity contribution in [3.8, 4) is 11.4 Å². The minimum atomic E-state index is -0.0802. The van der Waals surface area contributed by atoms with Gasteiger partial charge in [-0.1, -0.05) is 58.2 Å². The smallest absolute Gasteiger partial charge is 0.255 e. The van der Waals surface area contributed by atoms with Crippen LogP contribution < -0.4 is 0 Å². The van der Waals surface area contributed by atoms with Gasteiger partial charge >= 0.3 is 0 Å². The van der Waals surface area contributed by atoms with Gasteiger partial charge in [0, 0.05) is 36.8 Å². The molecule has 1 aliphatic heterocycles. The number of aryl methyl sites for hydroxylation is 1. The Balaban J connectivity index is 1.39. The van der Waals surface area contributed by atoms with Crippen molar-refractivity contribution in [1.82, 2.24) is 19.9 Å². The van der Waals surface area contributed by atoms with E-state index in [1.54, 1.807) is 18.2 Å². The Kier molecular flexibility index (Phi) is 6.09. The number of carbonyl (C=O) groups is 1. The molecule has 4 rings (SSSR count). The summed E-state index contributed by atoms with van der Waals surface area (Å²) in [6.45, 7) is 6.70. The molecule has 3 aromatic rings. The molecule has 1 saturated heterocycles. The minimum absolute atomic E-state index is 0.0342. The number of aromatic nitrogens is 2. The molecule has 1 aromatic heterocycles. The van der Waals surface area contributed by atoms with E-state index in [-0.39, 0.29) is 11.9 Å². The maximum Gasteiger partial charge on any atom is 0.255 e. The van der Waals surface area contributed by atoms with Gasteiger partial charge in [0.15, 0.2) is 0 Å². The lowest BCUT2D eigenvalue weighted by atomic mass is 10.1. The zero-order chi connectivity index (χ0) is 21.3. The van der Waals surface area contributed by atoms with E-state index < -0.39 is 0 Å². The third-order valence-electron chi connectivity index (χ3n) is 5.42. The molecule has 156 valence electrons. The summed E-state index contributed by atoms with van der Waals surface area (Å²) in [6.07, 6.45) is 0. The highest BCUT2D eigenvalue weighted by atomic mass is 35.5. The molecule has 0 radical (unpaired) electrons. The number of nitrogens with zero attached hydrogens (tertiary/aromatic N) is 4. The van der Waals surface area contributed by atoms with Crippen molar-refractivity contribution in [1.29, 1.82) is 0 Å². The molecule has 0 bridgehead atoms. The van der Waals surface area contributed by atoms with Gasteiger partial charge in [0.1, 0.15) is 0 Å². The van der Waals surface area contributed by atoms with Crippen molar-refractivity contribution >= 4 is 29.1 Å². The van der Waals surface area contributed by atoms with Crippen LogP contribution in [0.2, 0.25) is 10.0 Å². The van der Waals surface area contributed by atoms with Crippen LogP contribution in [0.3, 0.4) is 0 Å². The number of carbonyl (C=O) groups excluding carboxylic acids is 1. The van der Waals surface area contributed by atoms with E-state index in [9.17, 15) is 4.79 Å². The van der Waals surface area contributed by atoms with Crippen molar-refractivity contribution < 1.29 is 9.32 Å². The molecule has 1 unspecified atom stereocenters. The molecule has 0 aliphatic carbocycles. The van der Waals surface area contributed by atoms with Crippen LogP contribution in [-0.4, -0.2) is 52.0 Å². The van der Waals surface area contributed by atoms with Crippen LogP contribution in [0.1, 0.15) is 34.8 Å². The van der Waals surface area contributed by atoms with E-state index in [4.69, 9.17) is 27.7 Å². The maximum absolute atomic E-state index is 12.8. The van der Waals surface area contributed by atoms with E-state index in [0.717, 1.165) is 5.56 Å². The van der Waals surface area contributed by atoms with Crippen LogP contribution >= 0.6 is 23.2 Å². The fraction of sp³-hybridized carbons (Fsp3) is 0.318. The number of benzene rings is 2. The Labute approximate surface area is 185 Å². The van der Waals surface area contributed by atoms with Gasteiger partial charge < -0.3 is 9.42 Å². The predicted molar refractivity (Wildman–Crippen MR) is 117 cm³/mol. The first-order valence-electron chi connectivity index (χ1n) is 9.81. The Morgan fingerprint density at radius 2 is 1.77 bits per heavy atom. The van der Waals surface area contributed by atoms with Gasteiger partial charge in [-0.05, 0) is 32.0 Å². The summed E-state index contributed by atoms with van der Waals surface area (Å²) in [5.41, 5.74) is 2.59. The number of hydrogen-bond donors (Lipinski definition) is 0. The molecule has 1 fully saturated rings. The molecular weight excluding hydrogens is 423 g/mol. The first-order chi connectivity index (χ1) is 14.4. The van der Waals surface area contributed by atoms with E-state index in [2.05, 4.69) is 15.0 Å². The van der Waals surface area contributed by atoms with Crippen molar-refractivity contribution in [3.63, 3.8) is 0 Å². The van der Waals surface area contributed by atoms with Crippen LogP contribution in [0.5, 0.6) is 0 Å². The first-order valence-corrected chi connectivity index (χ1v) is 10.6. The van der Waals surface area contributed by atoms with Crippen molar-refractivity contribution in [2.24, 2.45) is 0 Å². The Bertz CT molecular complexity index is 1040. The highest BCUT2D eigenvalue weighted by Crippen LogP contribution is 2.26. The number of halogens is 2. The molecule has 0 saturated carbocycles. The number of piperazine rings is 1. The Hall–Kier alpha value is -2.41. The van der Waals surface area contributed by atoms with E-state index >= 15 is 0 Å². The number of rotatable bonds is 4.